The number of sulfonamides is 1. The number of carbonyl (C=O) groups excluding carboxylic acids is 2. The largest absolute Gasteiger partial charge is 0.465 e. The highest BCUT2D eigenvalue weighted by molar-refractivity contribution is 7.92. The van der Waals surface area contributed by atoms with Crippen LogP contribution < -0.4 is 10.0 Å². The van der Waals surface area contributed by atoms with Gasteiger partial charge in [-0.2, -0.15) is 0 Å². The van der Waals surface area contributed by atoms with Crippen LogP contribution in [0.1, 0.15) is 20.7 Å². The van der Waals surface area contributed by atoms with E-state index in [-0.39, 0.29) is 31.8 Å². The fourth-order valence-electron chi connectivity index (χ4n) is 2.64. The first kappa shape index (κ1) is 22.6. The van der Waals surface area contributed by atoms with Crippen molar-refractivity contribution >= 4 is 56.5 Å². The zero-order valence-corrected chi connectivity index (χ0v) is 18.4. The van der Waals surface area contributed by atoms with Gasteiger partial charge in [0.2, 0.25) is 0 Å². The van der Waals surface area contributed by atoms with Crippen molar-refractivity contribution in [1.29, 1.82) is 0 Å². The van der Waals surface area contributed by atoms with E-state index in [4.69, 9.17) is 23.2 Å². The zero-order valence-electron chi connectivity index (χ0n) is 16.1. The molecule has 3 aromatic rings. The molecule has 1 amide bonds. The summed E-state index contributed by atoms with van der Waals surface area (Å²) in [6, 6.07) is 16.3. The minimum Gasteiger partial charge on any atom is -0.465 e. The van der Waals surface area contributed by atoms with E-state index in [1.807, 2.05) is 0 Å². The first-order valence-electron chi connectivity index (χ1n) is 8.78. The van der Waals surface area contributed by atoms with Crippen LogP contribution >= 0.6 is 23.2 Å². The third-order valence-corrected chi connectivity index (χ3v) is 6.19. The SMILES string of the molecule is COC(=O)c1cc(NC(=O)c2ccc(NS(=O)(=O)c3ccccc3)cc2Cl)ccc1Cl. The number of halogens is 2. The normalized spacial score (nSPS) is 10.9. The van der Waals surface area contributed by atoms with E-state index < -0.39 is 21.9 Å². The number of carbonyl (C=O) groups is 2. The second-order valence-corrected chi connectivity index (χ2v) is 8.75. The Hall–Kier alpha value is -3.07. The molecule has 0 fully saturated rings. The van der Waals surface area contributed by atoms with Crippen LogP contribution in [0.2, 0.25) is 10.0 Å². The minimum absolute atomic E-state index is 0.0351. The van der Waals surface area contributed by atoms with Crippen molar-refractivity contribution < 1.29 is 22.7 Å². The van der Waals surface area contributed by atoms with E-state index in [0.29, 0.717) is 5.69 Å². The van der Waals surface area contributed by atoms with Crippen LogP contribution in [-0.2, 0) is 14.8 Å². The summed E-state index contributed by atoms with van der Waals surface area (Å²) >= 11 is 12.2. The van der Waals surface area contributed by atoms with Gasteiger partial charge in [0, 0.05) is 5.69 Å². The number of benzene rings is 3. The molecule has 0 radical (unpaired) electrons. The lowest BCUT2D eigenvalue weighted by atomic mass is 10.1. The number of rotatable bonds is 6. The molecule has 10 heteroatoms. The van der Waals surface area contributed by atoms with E-state index in [0.717, 1.165) is 0 Å². The quantitative estimate of drug-likeness (QED) is 0.493. The zero-order chi connectivity index (χ0) is 22.6. The summed E-state index contributed by atoms with van der Waals surface area (Å²) in [7, 11) is -2.58. The second-order valence-electron chi connectivity index (χ2n) is 6.25. The number of hydrogen-bond donors (Lipinski definition) is 2. The van der Waals surface area contributed by atoms with Crippen molar-refractivity contribution in [1.82, 2.24) is 0 Å². The van der Waals surface area contributed by atoms with Crippen LogP contribution in [0.25, 0.3) is 0 Å². The van der Waals surface area contributed by atoms with Gasteiger partial charge in [-0.05, 0) is 48.5 Å². The van der Waals surface area contributed by atoms with Gasteiger partial charge in [0.15, 0.2) is 0 Å². The molecule has 0 saturated carbocycles. The minimum atomic E-state index is -3.80. The molecular weight excluding hydrogens is 463 g/mol. The van der Waals surface area contributed by atoms with Crippen LogP contribution in [-0.4, -0.2) is 27.4 Å². The highest BCUT2D eigenvalue weighted by Gasteiger charge is 2.17. The summed E-state index contributed by atoms with van der Waals surface area (Å²) in [5.74, 6) is -1.20. The molecule has 3 aromatic carbocycles. The van der Waals surface area contributed by atoms with Gasteiger partial charge in [-0.15, -0.1) is 0 Å². The summed E-state index contributed by atoms with van der Waals surface area (Å²) in [5, 5.41) is 2.82. The number of hydrogen-bond acceptors (Lipinski definition) is 5. The van der Waals surface area contributed by atoms with Gasteiger partial charge >= 0.3 is 5.97 Å². The van der Waals surface area contributed by atoms with Gasteiger partial charge < -0.3 is 10.1 Å². The summed E-state index contributed by atoms with van der Waals surface area (Å²) in [6.07, 6.45) is 0. The van der Waals surface area contributed by atoms with Gasteiger partial charge in [-0.3, -0.25) is 9.52 Å². The molecule has 31 heavy (non-hydrogen) atoms. The van der Waals surface area contributed by atoms with Crippen molar-refractivity contribution in [2.75, 3.05) is 17.1 Å². The van der Waals surface area contributed by atoms with Crippen LogP contribution in [0.5, 0.6) is 0 Å². The number of amides is 1. The van der Waals surface area contributed by atoms with E-state index in [1.54, 1.807) is 18.2 Å². The topological polar surface area (TPSA) is 102 Å². The average molecular weight is 479 g/mol. The Morgan fingerprint density at radius 2 is 1.52 bits per heavy atom. The number of anilines is 2. The summed E-state index contributed by atoms with van der Waals surface area (Å²) in [4.78, 5) is 24.5. The first-order valence-corrected chi connectivity index (χ1v) is 11.0. The Bertz CT molecular complexity index is 1250. The molecule has 0 aliphatic heterocycles. The van der Waals surface area contributed by atoms with Gasteiger partial charge in [0.25, 0.3) is 15.9 Å². The van der Waals surface area contributed by atoms with Crippen molar-refractivity contribution in [3.63, 3.8) is 0 Å². The maximum absolute atomic E-state index is 12.6. The predicted octanol–water partition coefficient (Wildman–Crippen LogP) is 4.83. The average Bonchev–Trinajstić information content (AvgIpc) is 2.75. The molecule has 160 valence electrons. The van der Waals surface area contributed by atoms with Gasteiger partial charge in [0.05, 0.1) is 38.9 Å². The van der Waals surface area contributed by atoms with Gasteiger partial charge in [0.1, 0.15) is 0 Å². The number of ether oxygens (including phenoxy) is 1. The second kappa shape index (κ2) is 9.38. The summed E-state index contributed by atoms with van der Waals surface area (Å²) in [6.45, 7) is 0. The Labute approximate surface area is 189 Å². The molecule has 7 nitrogen and oxygen atoms in total. The Morgan fingerprint density at radius 3 is 2.16 bits per heavy atom. The molecule has 0 heterocycles. The standard InChI is InChI=1S/C21H16Cl2N2O5S/c1-30-21(27)17-11-13(8-10-18(17)22)24-20(26)16-9-7-14(12-19(16)23)25-31(28,29)15-5-3-2-4-6-15/h2-12,25H,1H3,(H,24,26). The maximum atomic E-state index is 12.6. The Kier molecular flexibility index (Phi) is 6.84. The fourth-order valence-corrected chi connectivity index (χ4v) is 4.18. The van der Waals surface area contributed by atoms with E-state index in [2.05, 4.69) is 14.8 Å². The smallest absolute Gasteiger partial charge is 0.339 e. The third-order valence-electron chi connectivity index (χ3n) is 4.15. The molecule has 0 aliphatic carbocycles. The van der Waals surface area contributed by atoms with Crippen molar-refractivity contribution in [2.45, 2.75) is 4.90 Å². The van der Waals surface area contributed by atoms with Crippen molar-refractivity contribution in [3.8, 4) is 0 Å². The van der Waals surface area contributed by atoms with Crippen molar-refractivity contribution in [3.05, 3.63) is 87.9 Å². The molecule has 0 saturated heterocycles. The van der Waals surface area contributed by atoms with E-state index in [1.165, 1.54) is 55.6 Å². The van der Waals surface area contributed by atoms with Gasteiger partial charge in [-0.25, -0.2) is 13.2 Å². The lowest BCUT2D eigenvalue weighted by molar-refractivity contribution is 0.0600. The van der Waals surface area contributed by atoms with Crippen LogP contribution in [0.15, 0.2) is 71.6 Å². The third kappa shape index (κ3) is 5.35. The van der Waals surface area contributed by atoms with E-state index in [9.17, 15) is 18.0 Å². The molecule has 0 aliphatic rings. The fraction of sp³-hybridized carbons (Fsp3) is 0.0476. The highest BCUT2D eigenvalue weighted by Crippen LogP contribution is 2.26. The molecule has 0 unspecified atom stereocenters. The van der Waals surface area contributed by atoms with Crippen LogP contribution in [0.3, 0.4) is 0 Å². The Balaban J connectivity index is 1.79. The number of methoxy groups -OCH3 is 1. The number of esters is 1. The van der Waals surface area contributed by atoms with E-state index >= 15 is 0 Å². The predicted molar refractivity (Wildman–Crippen MR) is 119 cm³/mol. The highest BCUT2D eigenvalue weighted by atomic mass is 35.5. The van der Waals surface area contributed by atoms with Crippen molar-refractivity contribution in [2.24, 2.45) is 0 Å². The molecule has 0 spiro atoms. The summed E-state index contributed by atoms with van der Waals surface area (Å²) < 4.78 is 31.9. The monoisotopic (exact) mass is 478 g/mol. The van der Waals surface area contributed by atoms with Crippen LogP contribution in [0, 0.1) is 0 Å². The maximum Gasteiger partial charge on any atom is 0.339 e. The number of nitrogens with one attached hydrogen (secondary N) is 2. The molecule has 3 rings (SSSR count). The lowest BCUT2D eigenvalue weighted by Gasteiger charge is -2.11. The molecule has 2 N–H and O–H groups in total. The Morgan fingerprint density at radius 1 is 0.839 bits per heavy atom. The molecule has 0 atom stereocenters. The first-order chi connectivity index (χ1) is 14.7. The molecular formula is C21H16Cl2N2O5S. The molecule has 0 bridgehead atoms. The van der Waals surface area contributed by atoms with Gasteiger partial charge in [-0.1, -0.05) is 41.4 Å². The van der Waals surface area contributed by atoms with Crippen LogP contribution in [0.4, 0.5) is 11.4 Å². The molecule has 0 aromatic heterocycles. The summed E-state index contributed by atoms with van der Waals surface area (Å²) in [5.41, 5.74) is 0.710. The lowest BCUT2D eigenvalue weighted by Crippen LogP contribution is -2.15.